The molecular formula is C15H24O2. The summed E-state index contributed by atoms with van der Waals surface area (Å²) in [5.74, 6) is 3.21. The zero-order chi connectivity index (χ0) is 11.5. The van der Waals surface area contributed by atoms with Gasteiger partial charge in [-0.2, -0.15) is 0 Å². The van der Waals surface area contributed by atoms with Crippen molar-refractivity contribution in [1.82, 2.24) is 0 Å². The molecule has 4 aliphatic rings. The highest BCUT2D eigenvalue weighted by Crippen LogP contribution is 2.56. The van der Waals surface area contributed by atoms with E-state index in [9.17, 15) is 0 Å². The fraction of sp³-hybridized carbons (Fsp3) is 1.00. The van der Waals surface area contributed by atoms with Crippen LogP contribution in [0.4, 0.5) is 0 Å². The molecule has 0 aromatic heterocycles. The average molecular weight is 236 g/mol. The van der Waals surface area contributed by atoms with Gasteiger partial charge in [0.2, 0.25) is 0 Å². The molecule has 0 N–H and O–H groups in total. The SMILES string of the molecule is CC1CC2CC1C1COC3(CCCCC3)OC21. The van der Waals surface area contributed by atoms with Gasteiger partial charge in [-0.25, -0.2) is 0 Å². The molecule has 4 fully saturated rings. The van der Waals surface area contributed by atoms with Gasteiger partial charge in [-0.3, -0.25) is 0 Å². The van der Waals surface area contributed by atoms with E-state index in [1.165, 1.54) is 32.1 Å². The van der Waals surface area contributed by atoms with Crippen LogP contribution in [0.2, 0.25) is 0 Å². The van der Waals surface area contributed by atoms with Crippen LogP contribution in [-0.4, -0.2) is 18.5 Å². The van der Waals surface area contributed by atoms with E-state index in [0.29, 0.717) is 6.10 Å². The van der Waals surface area contributed by atoms with Crippen molar-refractivity contribution in [3.8, 4) is 0 Å². The van der Waals surface area contributed by atoms with Crippen LogP contribution < -0.4 is 0 Å². The fourth-order valence-corrected chi connectivity index (χ4v) is 5.07. The molecule has 96 valence electrons. The zero-order valence-corrected chi connectivity index (χ0v) is 10.9. The van der Waals surface area contributed by atoms with Crippen LogP contribution in [0.25, 0.3) is 0 Å². The van der Waals surface area contributed by atoms with Crippen LogP contribution in [0.3, 0.4) is 0 Å². The fourth-order valence-electron chi connectivity index (χ4n) is 5.07. The molecule has 1 saturated heterocycles. The quantitative estimate of drug-likeness (QED) is 0.642. The first kappa shape index (κ1) is 10.8. The minimum Gasteiger partial charge on any atom is -0.350 e. The maximum absolute atomic E-state index is 6.50. The molecule has 0 radical (unpaired) electrons. The normalized spacial score (nSPS) is 51.7. The number of fused-ring (bicyclic) bond motifs is 5. The number of hydrogen-bond donors (Lipinski definition) is 0. The Balaban J connectivity index is 1.53. The Labute approximate surface area is 104 Å². The molecular weight excluding hydrogens is 212 g/mol. The molecule has 3 saturated carbocycles. The highest BCUT2D eigenvalue weighted by molar-refractivity contribution is 5.03. The number of ether oxygens (including phenoxy) is 2. The van der Waals surface area contributed by atoms with E-state index in [1.54, 1.807) is 0 Å². The molecule has 2 nitrogen and oxygen atoms in total. The predicted octanol–water partition coefficient (Wildman–Crippen LogP) is 3.35. The van der Waals surface area contributed by atoms with E-state index in [0.717, 1.165) is 43.1 Å². The highest BCUT2D eigenvalue weighted by atomic mass is 16.7. The van der Waals surface area contributed by atoms with Crippen molar-refractivity contribution in [3.63, 3.8) is 0 Å². The van der Waals surface area contributed by atoms with Crippen LogP contribution in [0, 0.1) is 23.7 Å². The first-order chi connectivity index (χ1) is 8.27. The van der Waals surface area contributed by atoms with Gasteiger partial charge in [0.1, 0.15) is 0 Å². The van der Waals surface area contributed by atoms with Crippen molar-refractivity contribution in [3.05, 3.63) is 0 Å². The minimum absolute atomic E-state index is 0.160. The molecule has 0 aromatic rings. The summed E-state index contributed by atoms with van der Waals surface area (Å²) in [6.07, 6.45) is 9.60. The Kier molecular flexibility index (Phi) is 2.36. The first-order valence-corrected chi connectivity index (χ1v) is 7.59. The molecule has 5 unspecified atom stereocenters. The Morgan fingerprint density at radius 2 is 1.82 bits per heavy atom. The highest BCUT2D eigenvalue weighted by Gasteiger charge is 2.57. The molecule has 3 aliphatic carbocycles. The van der Waals surface area contributed by atoms with Gasteiger partial charge in [-0.1, -0.05) is 13.3 Å². The van der Waals surface area contributed by atoms with E-state index < -0.39 is 0 Å². The summed E-state index contributed by atoms with van der Waals surface area (Å²) >= 11 is 0. The van der Waals surface area contributed by atoms with Crippen LogP contribution in [-0.2, 0) is 9.47 Å². The van der Waals surface area contributed by atoms with E-state index in [-0.39, 0.29) is 5.79 Å². The zero-order valence-electron chi connectivity index (χ0n) is 10.9. The second kappa shape index (κ2) is 3.71. The Morgan fingerprint density at radius 3 is 2.65 bits per heavy atom. The third-order valence-corrected chi connectivity index (χ3v) is 5.92. The van der Waals surface area contributed by atoms with Crippen LogP contribution in [0.1, 0.15) is 51.9 Å². The summed E-state index contributed by atoms with van der Waals surface area (Å²) < 4.78 is 12.7. The summed E-state index contributed by atoms with van der Waals surface area (Å²) in [5, 5.41) is 0. The summed E-state index contributed by atoms with van der Waals surface area (Å²) in [6.45, 7) is 3.40. The summed E-state index contributed by atoms with van der Waals surface area (Å²) in [4.78, 5) is 0. The summed E-state index contributed by atoms with van der Waals surface area (Å²) in [7, 11) is 0. The van der Waals surface area contributed by atoms with Crippen molar-refractivity contribution >= 4 is 0 Å². The lowest BCUT2D eigenvalue weighted by atomic mass is 9.79. The van der Waals surface area contributed by atoms with E-state index in [2.05, 4.69) is 6.92 Å². The van der Waals surface area contributed by atoms with Gasteiger partial charge in [-0.05, 0) is 43.4 Å². The molecule has 4 rings (SSSR count). The minimum atomic E-state index is -0.160. The molecule has 0 aromatic carbocycles. The number of rotatable bonds is 0. The Bertz CT molecular complexity index is 308. The molecule has 1 spiro atoms. The smallest absolute Gasteiger partial charge is 0.168 e. The second-order valence-electron chi connectivity index (χ2n) is 6.90. The van der Waals surface area contributed by atoms with Crippen LogP contribution in [0.15, 0.2) is 0 Å². The first-order valence-electron chi connectivity index (χ1n) is 7.59. The molecule has 1 aliphatic heterocycles. The molecule has 0 amide bonds. The largest absolute Gasteiger partial charge is 0.350 e. The average Bonchev–Trinajstić information content (AvgIpc) is 2.87. The van der Waals surface area contributed by atoms with Gasteiger partial charge in [0.15, 0.2) is 5.79 Å². The Hall–Kier alpha value is -0.0800. The summed E-state index contributed by atoms with van der Waals surface area (Å²) in [5.41, 5.74) is 0. The lowest BCUT2D eigenvalue weighted by molar-refractivity contribution is -0.330. The van der Waals surface area contributed by atoms with Gasteiger partial charge in [0.25, 0.3) is 0 Å². The lowest BCUT2D eigenvalue weighted by Crippen LogP contribution is -2.52. The van der Waals surface area contributed by atoms with Crippen molar-refractivity contribution < 1.29 is 9.47 Å². The third-order valence-electron chi connectivity index (χ3n) is 5.92. The number of hydrogen-bond acceptors (Lipinski definition) is 2. The monoisotopic (exact) mass is 236 g/mol. The van der Waals surface area contributed by atoms with Gasteiger partial charge in [0.05, 0.1) is 12.7 Å². The van der Waals surface area contributed by atoms with Crippen molar-refractivity contribution in [2.45, 2.75) is 63.8 Å². The van der Waals surface area contributed by atoms with Crippen molar-refractivity contribution in [2.24, 2.45) is 23.7 Å². The third kappa shape index (κ3) is 1.53. The van der Waals surface area contributed by atoms with E-state index in [4.69, 9.17) is 9.47 Å². The topological polar surface area (TPSA) is 18.5 Å². The maximum Gasteiger partial charge on any atom is 0.168 e. The van der Waals surface area contributed by atoms with Crippen molar-refractivity contribution in [2.75, 3.05) is 6.61 Å². The van der Waals surface area contributed by atoms with Gasteiger partial charge in [0, 0.05) is 18.8 Å². The van der Waals surface area contributed by atoms with Crippen LogP contribution in [0.5, 0.6) is 0 Å². The van der Waals surface area contributed by atoms with Crippen molar-refractivity contribution in [1.29, 1.82) is 0 Å². The molecule has 5 atom stereocenters. The molecule has 2 heteroatoms. The predicted molar refractivity (Wildman–Crippen MR) is 65.5 cm³/mol. The van der Waals surface area contributed by atoms with E-state index >= 15 is 0 Å². The Morgan fingerprint density at radius 1 is 1.00 bits per heavy atom. The second-order valence-corrected chi connectivity index (χ2v) is 6.90. The molecule has 17 heavy (non-hydrogen) atoms. The molecule has 1 heterocycles. The standard InChI is InChI=1S/C15H24O2/c1-10-7-11-8-12(10)13-9-16-15(17-14(11)13)5-3-2-4-6-15/h10-14H,2-9H2,1H3. The summed E-state index contributed by atoms with van der Waals surface area (Å²) in [6, 6.07) is 0. The molecule has 2 bridgehead atoms. The van der Waals surface area contributed by atoms with Crippen LogP contribution >= 0.6 is 0 Å². The van der Waals surface area contributed by atoms with E-state index in [1.807, 2.05) is 0 Å². The van der Waals surface area contributed by atoms with Gasteiger partial charge in [-0.15, -0.1) is 0 Å². The van der Waals surface area contributed by atoms with Gasteiger partial charge < -0.3 is 9.47 Å². The van der Waals surface area contributed by atoms with Gasteiger partial charge >= 0.3 is 0 Å². The lowest BCUT2D eigenvalue weighted by Gasteiger charge is -2.49. The maximum atomic E-state index is 6.50.